The zero-order chi connectivity index (χ0) is 21.1. The summed E-state index contributed by atoms with van der Waals surface area (Å²) >= 11 is 1.30. The Morgan fingerprint density at radius 2 is 1.90 bits per heavy atom. The number of thioether (sulfide) groups is 1. The van der Waals surface area contributed by atoms with Gasteiger partial charge in [-0.3, -0.25) is 9.78 Å². The highest BCUT2D eigenvalue weighted by molar-refractivity contribution is 8.18. The molecule has 30 heavy (non-hydrogen) atoms. The van der Waals surface area contributed by atoms with Crippen LogP contribution in [0.1, 0.15) is 11.1 Å². The van der Waals surface area contributed by atoms with E-state index < -0.39 is 10.0 Å². The van der Waals surface area contributed by atoms with E-state index in [-0.39, 0.29) is 10.8 Å². The zero-order valence-electron chi connectivity index (χ0n) is 15.8. The van der Waals surface area contributed by atoms with E-state index in [1.807, 2.05) is 36.4 Å². The van der Waals surface area contributed by atoms with Gasteiger partial charge >= 0.3 is 0 Å². The molecule has 4 rings (SSSR count). The van der Waals surface area contributed by atoms with Crippen LogP contribution < -0.4 is 10.5 Å². The minimum Gasteiger partial charge on any atom is -0.364 e. The number of aliphatic imine (C=N–C) groups is 1. The van der Waals surface area contributed by atoms with Gasteiger partial charge < -0.3 is 5.32 Å². The lowest BCUT2D eigenvalue weighted by Crippen LogP contribution is -2.21. The molecule has 1 amide bonds. The fourth-order valence-electron chi connectivity index (χ4n) is 2.98. The van der Waals surface area contributed by atoms with Gasteiger partial charge in [-0.1, -0.05) is 24.3 Å². The van der Waals surface area contributed by atoms with Crippen LogP contribution in [0.25, 0.3) is 17.0 Å². The number of hydrogen-bond donors (Lipinski definition) is 2. The first kappa shape index (κ1) is 20.3. The van der Waals surface area contributed by atoms with Crippen LogP contribution in [0.2, 0.25) is 0 Å². The van der Waals surface area contributed by atoms with Crippen molar-refractivity contribution in [3.63, 3.8) is 0 Å². The Hall–Kier alpha value is -3.01. The molecule has 0 fully saturated rings. The van der Waals surface area contributed by atoms with Crippen LogP contribution in [0.5, 0.6) is 0 Å². The molecule has 0 atom stereocenters. The van der Waals surface area contributed by atoms with E-state index in [0.717, 1.165) is 22.0 Å². The Morgan fingerprint density at radius 1 is 1.10 bits per heavy atom. The van der Waals surface area contributed by atoms with Gasteiger partial charge in [-0.2, -0.15) is 4.99 Å². The van der Waals surface area contributed by atoms with E-state index in [9.17, 15) is 13.2 Å². The molecule has 0 spiro atoms. The summed E-state index contributed by atoms with van der Waals surface area (Å²) in [6.07, 6.45) is 4.22. The highest BCUT2D eigenvalue weighted by Crippen LogP contribution is 2.28. The monoisotopic (exact) mass is 438 g/mol. The van der Waals surface area contributed by atoms with Crippen LogP contribution in [0.3, 0.4) is 0 Å². The highest BCUT2D eigenvalue weighted by atomic mass is 32.2. The summed E-state index contributed by atoms with van der Waals surface area (Å²) in [4.78, 5) is 21.2. The summed E-state index contributed by atoms with van der Waals surface area (Å²) < 4.78 is 22.6. The van der Waals surface area contributed by atoms with Gasteiger partial charge in [0.2, 0.25) is 10.0 Å². The number of carbonyl (C=O) groups is 1. The number of nitrogens with zero attached hydrogens (tertiary/aromatic N) is 2. The molecule has 9 heteroatoms. The number of benzene rings is 2. The van der Waals surface area contributed by atoms with Gasteiger partial charge in [0.25, 0.3) is 5.91 Å². The Labute approximate surface area is 178 Å². The van der Waals surface area contributed by atoms with E-state index in [1.54, 1.807) is 18.3 Å². The average molecular weight is 439 g/mol. The first-order chi connectivity index (χ1) is 14.4. The minimum atomic E-state index is -3.69. The normalized spacial score (nSPS) is 15.6. The van der Waals surface area contributed by atoms with Crippen molar-refractivity contribution in [3.8, 4) is 0 Å². The Morgan fingerprint density at radius 3 is 2.67 bits per heavy atom. The quantitative estimate of drug-likeness (QED) is 0.592. The number of hydrogen-bond acceptors (Lipinski definition) is 6. The van der Waals surface area contributed by atoms with Crippen LogP contribution in [-0.4, -0.2) is 31.0 Å². The molecule has 0 saturated carbocycles. The fourth-order valence-corrected chi connectivity index (χ4v) is 4.33. The molecule has 7 nitrogen and oxygen atoms in total. The second-order valence-corrected chi connectivity index (χ2v) is 9.25. The molecule has 0 bridgehead atoms. The molecule has 0 aliphatic carbocycles. The Bertz CT molecular complexity index is 1280. The van der Waals surface area contributed by atoms with Crippen molar-refractivity contribution in [2.75, 3.05) is 6.54 Å². The third kappa shape index (κ3) is 4.76. The number of amides is 1. The van der Waals surface area contributed by atoms with Gasteiger partial charge in [-0.15, -0.1) is 0 Å². The number of nitrogens with one attached hydrogen (secondary N) is 1. The number of sulfonamides is 1. The molecular formula is C21H18N4O3S2. The van der Waals surface area contributed by atoms with E-state index in [1.165, 1.54) is 23.9 Å². The van der Waals surface area contributed by atoms with Crippen molar-refractivity contribution in [3.05, 3.63) is 76.8 Å². The maximum atomic E-state index is 12.2. The topological polar surface area (TPSA) is 115 Å². The number of pyridine rings is 1. The lowest BCUT2D eigenvalue weighted by atomic mass is 10.1. The third-order valence-electron chi connectivity index (χ3n) is 4.49. The number of primary sulfonamides is 1. The largest absolute Gasteiger partial charge is 0.364 e. The summed E-state index contributed by atoms with van der Waals surface area (Å²) in [7, 11) is -3.69. The van der Waals surface area contributed by atoms with Crippen LogP contribution in [0.4, 0.5) is 0 Å². The molecular weight excluding hydrogens is 420 g/mol. The maximum Gasteiger partial charge on any atom is 0.286 e. The molecule has 3 N–H and O–H groups in total. The predicted molar refractivity (Wildman–Crippen MR) is 119 cm³/mol. The van der Waals surface area contributed by atoms with Crippen molar-refractivity contribution in [1.82, 2.24) is 10.3 Å². The molecule has 1 aromatic heterocycles. The summed E-state index contributed by atoms with van der Waals surface area (Å²) in [5, 5.41) is 9.81. The number of carbonyl (C=O) groups excluding carboxylic acids is 1. The molecule has 1 aliphatic rings. The van der Waals surface area contributed by atoms with Crippen LogP contribution in [0.15, 0.2) is 75.6 Å². The summed E-state index contributed by atoms with van der Waals surface area (Å²) in [6, 6.07) is 16.1. The second kappa shape index (κ2) is 8.39. The lowest BCUT2D eigenvalue weighted by molar-refractivity contribution is -0.113. The fraction of sp³-hybridized carbons (Fsp3) is 0.0952. The SMILES string of the molecule is NS(=O)(=O)c1ccc(CCNC2=NC(=O)C(=Cc3ccc4ncccc4c3)S2)cc1. The lowest BCUT2D eigenvalue weighted by Gasteiger charge is -2.05. The van der Waals surface area contributed by atoms with Crippen LogP contribution in [-0.2, 0) is 21.2 Å². The Balaban J connectivity index is 1.36. The molecule has 2 aromatic carbocycles. The van der Waals surface area contributed by atoms with Gasteiger partial charge in [0.05, 0.1) is 15.3 Å². The summed E-state index contributed by atoms with van der Waals surface area (Å²) in [6.45, 7) is 0.558. The Kier molecular flexibility index (Phi) is 5.67. The van der Waals surface area contributed by atoms with Crippen molar-refractivity contribution < 1.29 is 13.2 Å². The maximum absolute atomic E-state index is 12.2. The predicted octanol–water partition coefficient (Wildman–Crippen LogP) is 2.68. The van der Waals surface area contributed by atoms with E-state index >= 15 is 0 Å². The molecule has 2 heterocycles. The summed E-state index contributed by atoms with van der Waals surface area (Å²) in [5.41, 5.74) is 2.77. The van der Waals surface area contributed by atoms with E-state index in [4.69, 9.17) is 5.14 Å². The second-order valence-electron chi connectivity index (χ2n) is 6.65. The first-order valence-corrected chi connectivity index (χ1v) is 11.5. The molecule has 1 aliphatic heterocycles. The van der Waals surface area contributed by atoms with E-state index in [0.29, 0.717) is 23.0 Å². The van der Waals surface area contributed by atoms with Crippen molar-refractivity contribution >= 4 is 49.8 Å². The number of fused-ring (bicyclic) bond motifs is 1. The average Bonchev–Trinajstić information content (AvgIpc) is 3.07. The standard InChI is InChI=1S/C21H18N4O3S2/c22-30(27,28)17-6-3-14(4-7-17)9-11-24-21-25-20(26)19(29-21)13-15-5-8-18-16(12-15)2-1-10-23-18/h1-8,10,12-13H,9,11H2,(H2,22,27,28)(H,24,25,26). The van der Waals surface area contributed by atoms with Gasteiger partial charge in [0, 0.05) is 18.1 Å². The first-order valence-electron chi connectivity index (χ1n) is 9.11. The van der Waals surface area contributed by atoms with Crippen molar-refractivity contribution in [2.45, 2.75) is 11.3 Å². The molecule has 0 saturated heterocycles. The minimum absolute atomic E-state index is 0.0831. The number of rotatable bonds is 5. The van der Waals surface area contributed by atoms with Crippen LogP contribution in [0, 0.1) is 0 Å². The smallest absolute Gasteiger partial charge is 0.286 e. The van der Waals surface area contributed by atoms with Crippen LogP contribution >= 0.6 is 11.8 Å². The van der Waals surface area contributed by atoms with E-state index in [2.05, 4.69) is 15.3 Å². The summed E-state index contributed by atoms with van der Waals surface area (Å²) in [5.74, 6) is -0.272. The number of nitrogens with two attached hydrogens (primary N) is 1. The number of amidine groups is 1. The van der Waals surface area contributed by atoms with Gasteiger partial charge in [0.1, 0.15) is 0 Å². The third-order valence-corrected chi connectivity index (χ3v) is 6.36. The molecule has 0 unspecified atom stereocenters. The molecule has 0 radical (unpaired) electrons. The highest BCUT2D eigenvalue weighted by Gasteiger charge is 2.21. The number of aromatic nitrogens is 1. The molecule has 3 aromatic rings. The van der Waals surface area contributed by atoms with Gasteiger partial charge in [-0.05, 0) is 65.7 Å². The van der Waals surface area contributed by atoms with Crippen molar-refractivity contribution in [1.29, 1.82) is 0 Å². The van der Waals surface area contributed by atoms with Gasteiger partial charge in [-0.25, -0.2) is 13.6 Å². The van der Waals surface area contributed by atoms with Gasteiger partial charge in [0.15, 0.2) is 5.17 Å². The zero-order valence-corrected chi connectivity index (χ0v) is 17.4. The van der Waals surface area contributed by atoms with Crippen molar-refractivity contribution in [2.24, 2.45) is 10.1 Å². The molecule has 152 valence electrons.